The van der Waals surface area contributed by atoms with E-state index in [-0.39, 0.29) is 5.41 Å². The maximum Gasteiger partial charge on any atom is 0.0737 e. The highest BCUT2D eigenvalue weighted by molar-refractivity contribution is 6.28. The summed E-state index contributed by atoms with van der Waals surface area (Å²) in [6.45, 7) is 4.82. The van der Waals surface area contributed by atoms with Crippen molar-refractivity contribution in [3.63, 3.8) is 0 Å². The summed E-state index contributed by atoms with van der Waals surface area (Å²) in [5, 5.41) is 15.5. The van der Waals surface area contributed by atoms with Gasteiger partial charge < -0.3 is 0 Å². The number of rotatable bonds is 2. The predicted molar refractivity (Wildman–Crippen MR) is 296 cm³/mol. The van der Waals surface area contributed by atoms with Gasteiger partial charge in [-0.3, -0.25) is 0 Å². The molecule has 0 unspecified atom stereocenters. The SMILES string of the molecule is CC1(C)c2ccccc2-c2c1cc(-c1c3ccccc3c(-c3cc4c(c5ccccc35)C3(c5ccccc5-c5ccccc53)c3c-4c4ccccc4c4ccccc34)c3ccccc13)c1ccccc21. The third-order valence-electron chi connectivity index (χ3n) is 17.0. The summed E-state index contributed by atoms with van der Waals surface area (Å²) in [6, 6.07) is 88.1. The van der Waals surface area contributed by atoms with Crippen LogP contribution in [0.15, 0.2) is 231 Å². The van der Waals surface area contributed by atoms with Gasteiger partial charge in [-0.05, 0) is 166 Å². The van der Waals surface area contributed by atoms with E-state index < -0.39 is 5.41 Å². The molecule has 0 N–H and O–H groups in total. The molecule has 0 fully saturated rings. The average Bonchev–Trinajstić information content (AvgIpc) is 3.99. The lowest BCUT2D eigenvalue weighted by Gasteiger charge is -2.33. The van der Waals surface area contributed by atoms with Crippen LogP contribution in [0.2, 0.25) is 0 Å². The van der Waals surface area contributed by atoms with Gasteiger partial charge in [0.15, 0.2) is 0 Å². The molecule has 0 aliphatic heterocycles. The van der Waals surface area contributed by atoms with E-state index in [0.717, 1.165) is 0 Å². The Bertz CT molecular complexity index is 4400. The molecule has 0 saturated carbocycles. The highest BCUT2D eigenvalue weighted by atomic mass is 14.5. The second-order valence-corrected chi connectivity index (χ2v) is 20.5. The van der Waals surface area contributed by atoms with Gasteiger partial charge in [0.05, 0.1) is 5.41 Å². The first-order valence-electron chi connectivity index (χ1n) is 24.9. The zero-order valence-electron chi connectivity index (χ0n) is 38.9. The maximum absolute atomic E-state index is 2.62. The Morgan fingerprint density at radius 1 is 0.214 bits per heavy atom. The van der Waals surface area contributed by atoms with Crippen molar-refractivity contribution < 1.29 is 0 Å². The molecule has 13 aromatic rings. The van der Waals surface area contributed by atoms with E-state index in [2.05, 4.69) is 244 Å². The number of benzene rings is 13. The van der Waals surface area contributed by atoms with Gasteiger partial charge in [0.2, 0.25) is 0 Å². The molecule has 16 rings (SSSR count). The molecule has 0 amide bonds. The summed E-state index contributed by atoms with van der Waals surface area (Å²) in [6.07, 6.45) is 0. The van der Waals surface area contributed by atoms with E-state index in [1.165, 1.54) is 154 Å². The average molecular weight is 885 g/mol. The first-order chi connectivity index (χ1) is 34.5. The number of hydrogen-bond acceptors (Lipinski definition) is 0. The van der Waals surface area contributed by atoms with Crippen molar-refractivity contribution >= 4 is 64.6 Å². The Kier molecular flexibility index (Phi) is 7.44. The van der Waals surface area contributed by atoms with E-state index >= 15 is 0 Å². The lowest BCUT2D eigenvalue weighted by Crippen LogP contribution is -2.26. The van der Waals surface area contributed by atoms with Gasteiger partial charge in [-0.2, -0.15) is 0 Å². The standard InChI is InChI=1S/C70H44/c1-69(2)59-36-18-17-35-55(59)65-47-27-7-4-23-43(47)57(40-62(65)69)64-51-31-11-9-29-49(51)63(50-30-10-12-32-52(50)64)56-39-58-66-48-28-8-3-21-41(48)42-22-5-14-34-54(42)68(66)70(67(58)53-33-13-6-24-44(53)56)60-37-19-15-25-45(60)46-26-16-20-38-61(46)70/h3-40H,1-2H3. The molecule has 70 heavy (non-hydrogen) atoms. The summed E-state index contributed by atoms with van der Waals surface area (Å²) >= 11 is 0. The molecule has 0 radical (unpaired) electrons. The van der Waals surface area contributed by atoms with Crippen LogP contribution in [0.4, 0.5) is 0 Å². The molecule has 0 aromatic heterocycles. The zero-order valence-corrected chi connectivity index (χ0v) is 38.9. The zero-order chi connectivity index (χ0) is 46.0. The van der Waals surface area contributed by atoms with E-state index in [0.29, 0.717) is 0 Å². The lowest BCUT2D eigenvalue weighted by molar-refractivity contribution is 0.661. The van der Waals surface area contributed by atoms with Gasteiger partial charge >= 0.3 is 0 Å². The molecule has 0 nitrogen and oxygen atoms in total. The fourth-order valence-electron chi connectivity index (χ4n) is 14.4. The summed E-state index contributed by atoms with van der Waals surface area (Å²) in [4.78, 5) is 0. The fourth-order valence-corrected chi connectivity index (χ4v) is 14.4. The van der Waals surface area contributed by atoms with Crippen molar-refractivity contribution in [3.8, 4) is 55.6 Å². The predicted octanol–water partition coefficient (Wildman–Crippen LogP) is 18.6. The number of hydrogen-bond donors (Lipinski definition) is 0. The van der Waals surface area contributed by atoms with E-state index in [1.54, 1.807) is 0 Å². The summed E-state index contributed by atoms with van der Waals surface area (Å²) in [5.74, 6) is 0. The minimum atomic E-state index is -0.546. The van der Waals surface area contributed by atoms with E-state index in [1.807, 2.05) is 0 Å². The monoisotopic (exact) mass is 884 g/mol. The maximum atomic E-state index is 2.62. The molecule has 0 heteroatoms. The molecular formula is C70H44. The molecule has 0 atom stereocenters. The van der Waals surface area contributed by atoms with Gasteiger partial charge in [0.25, 0.3) is 0 Å². The highest BCUT2D eigenvalue weighted by Crippen LogP contribution is 2.67. The van der Waals surface area contributed by atoms with Crippen LogP contribution in [0.25, 0.3) is 120 Å². The molecule has 0 bridgehead atoms. The Morgan fingerprint density at radius 3 is 1.09 bits per heavy atom. The molecule has 13 aromatic carbocycles. The van der Waals surface area contributed by atoms with Crippen LogP contribution in [0, 0.1) is 0 Å². The lowest BCUT2D eigenvalue weighted by atomic mass is 9.68. The Labute approximate surface area is 406 Å². The van der Waals surface area contributed by atoms with Crippen molar-refractivity contribution in [1.29, 1.82) is 0 Å². The Hall–Kier alpha value is -8.58. The molecule has 0 heterocycles. The van der Waals surface area contributed by atoms with Crippen LogP contribution in [-0.4, -0.2) is 0 Å². The van der Waals surface area contributed by atoms with Gasteiger partial charge in [0, 0.05) is 5.41 Å². The first kappa shape index (κ1) is 38.4. The quantitative estimate of drug-likeness (QED) is 0.120. The summed E-state index contributed by atoms with van der Waals surface area (Å²) < 4.78 is 0. The Balaban J connectivity index is 1.07. The van der Waals surface area contributed by atoms with Gasteiger partial charge in [-0.25, -0.2) is 0 Å². The van der Waals surface area contributed by atoms with Crippen LogP contribution in [0.5, 0.6) is 0 Å². The summed E-state index contributed by atoms with van der Waals surface area (Å²) in [5.41, 5.74) is 20.8. The van der Waals surface area contributed by atoms with Gasteiger partial charge in [0.1, 0.15) is 0 Å². The van der Waals surface area contributed by atoms with Gasteiger partial charge in [-0.1, -0.05) is 232 Å². The van der Waals surface area contributed by atoms with Crippen LogP contribution >= 0.6 is 0 Å². The normalized spacial score (nSPS) is 14.4. The third-order valence-corrected chi connectivity index (χ3v) is 17.0. The van der Waals surface area contributed by atoms with Crippen molar-refractivity contribution in [1.82, 2.24) is 0 Å². The molecule has 3 aliphatic rings. The second kappa shape index (κ2) is 13.6. The van der Waals surface area contributed by atoms with Crippen LogP contribution < -0.4 is 0 Å². The molecule has 1 spiro atoms. The van der Waals surface area contributed by atoms with Crippen molar-refractivity contribution in [2.45, 2.75) is 24.7 Å². The number of fused-ring (bicyclic) bond motifs is 24. The second-order valence-electron chi connectivity index (χ2n) is 20.5. The van der Waals surface area contributed by atoms with Crippen LogP contribution in [0.3, 0.4) is 0 Å². The summed E-state index contributed by atoms with van der Waals surface area (Å²) in [7, 11) is 0. The molecule has 0 saturated heterocycles. The van der Waals surface area contributed by atoms with Gasteiger partial charge in [-0.15, -0.1) is 0 Å². The Morgan fingerprint density at radius 2 is 0.557 bits per heavy atom. The molecule has 3 aliphatic carbocycles. The minimum Gasteiger partial charge on any atom is -0.0619 e. The first-order valence-corrected chi connectivity index (χ1v) is 24.9. The third kappa shape index (κ3) is 4.58. The minimum absolute atomic E-state index is 0.150. The topological polar surface area (TPSA) is 0 Å². The van der Waals surface area contributed by atoms with Crippen molar-refractivity contribution in [2.24, 2.45) is 0 Å². The molecule has 324 valence electrons. The molecular weight excluding hydrogens is 841 g/mol. The van der Waals surface area contributed by atoms with Crippen LogP contribution in [-0.2, 0) is 10.8 Å². The fraction of sp³-hybridized carbons (Fsp3) is 0.0571. The van der Waals surface area contributed by atoms with Crippen molar-refractivity contribution in [3.05, 3.63) is 264 Å². The van der Waals surface area contributed by atoms with Crippen molar-refractivity contribution in [2.75, 3.05) is 0 Å². The van der Waals surface area contributed by atoms with E-state index in [4.69, 9.17) is 0 Å². The highest BCUT2D eigenvalue weighted by Gasteiger charge is 2.54. The largest absolute Gasteiger partial charge is 0.0737 e. The van der Waals surface area contributed by atoms with E-state index in [9.17, 15) is 0 Å². The van der Waals surface area contributed by atoms with Crippen LogP contribution in [0.1, 0.15) is 47.2 Å². The smallest absolute Gasteiger partial charge is 0.0619 e.